The first-order chi connectivity index (χ1) is 7.34. The Labute approximate surface area is 85.7 Å². The van der Waals surface area contributed by atoms with E-state index in [-0.39, 0.29) is 6.03 Å². The fourth-order valence-corrected chi connectivity index (χ4v) is 1.07. The number of aromatic nitrogens is 2. The zero-order valence-corrected chi connectivity index (χ0v) is 7.86. The minimum atomic E-state index is -0.280. The molecule has 0 bridgehead atoms. The number of hydrogen-bond acceptors (Lipinski definition) is 3. The minimum Gasteiger partial charge on any atom is -0.472 e. The molecule has 0 atom stereocenters. The average Bonchev–Trinajstić information content (AvgIpc) is 2.86. The maximum absolute atomic E-state index is 11.3. The first-order valence-corrected chi connectivity index (χ1v) is 4.39. The predicted octanol–water partition coefficient (Wildman–Crippen LogP) is 1.32. The summed E-state index contributed by atoms with van der Waals surface area (Å²) in [7, 11) is 0. The van der Waals surface area contributed by atoms with Gasteiger partial charge in [0.1, 0.15) is 0 Å². The normalized spacial score (nSPS) is 9.87. The van der Waals surface area contributed by atoms with E-state index in [1.165, 1.54) is 6.20 Å². The quantitative estimate of drug-likeness (QED) is 0.708. The summed E-state index contributed by atoms with van der Waals surface area (Å²) < 4.78 is 4.87. The highest BCUT2D eigenvalue weighted by Crippen LogP contribution is 2.01. The lowest BCUT2D eigenvalue weighted by Gasteiger charge is -2.03. The van der Waals surface area contributed by atoms with E-state index in [4.69, 9.17) is 4.42 Å². The van der Waals surface area contributed by atoms with E-state index in [1.807, 2.05) is 0 Å². The van der Waals surface area contributed by atoms with Crippen LogP contribution in [-0.2, 0) is 6.54 Å². The molecule has 15 heavy (non-hydrogen) atoms. The van der Waals surface area contributed by atoms with Gasteiger partial charge in [0.2, 0.25) is 0 Å². The first-order valence-electron chi connectivity index (χ1n) is 4.39. The van der Waals surface area contributed by atoms with Crippen LogP contribution in [0.4, 0.5) is 10.5 Å². The van der Waals surface area contributed by atoms with Gasteiger partial charge < -0.3 is 15.1 Å². The van der Waals surface area contributed by atoms with E-state index in [0.717, 1.165) is 5.56 Å². The lowest BCUT2D eigenvalue weighted by molar-refractivity contribution is 0.251. The molecule has 0 aliphatic carbocycles. The van der Waals surface area contributed by atoms with Crippen LogP contribution in [-0.4, -0.2) is 16.2 Å². The van der Waals surface area contributed by atoms with E-state index in [0.29, 0.717) is 12.2 Å². The molecule has 6 heteroatoms. The summed E-state index contributed by atoms with van der Waals surface area (Å²) in [5.74, 6) is 0. The van der Waals surface area contributed by atoms with E-state index >= 15 is 0 Å². The van der Waals surface area contributed by atoms with Gasteiger partial charge in [-0.1, -0.05) is 0 Å². The number of amides is 2. The average molecular weight is 206 g/mol. The highest BCUT2D eigenvalue weighted by atomic mass is 16.3. The smallest absolute Gasteiger partial charge is 0.319 e. The van der Waals surface area contributed by atoms with Crippen molar-refractivity contribution in [3.05, 3.63) is 36.5 Å². The lowest BCUT2D eigenvalue weighted by atomic mass is 10.3. The molecular weight excluding hydrogens is 196 g/mol. The number of aromatic amines is 1. The number of nitrogens with zero attached hydrogens (tertiary/aromatic N) is 1. The van der Waals surface area contributed by atoms with Crippen molar-refractivity contribution < 1.29 is 9.21 Å². The molecule has 0 saturated heterocycles. The van der Waals surface area contributed by atoms with Crippen LogP contribution in [0.1, 0.15) is 5.56 Å². The molecule has 78 valence electrons. The maximum atomic E-state index is 11.3. The summed E-state index contributed by atoms with van der Waals surface area (Å²) >= 11 is 0. The van der Waals surface area contributed by atoms with Crippen LogP contribution < -0.4 is 10.6 Å². The number of carbonyl (C=O) groups excluding carboxylic acids is 1. The molecular formula is C9H10N4O2. The zero-order valence-electron chi connectivity index (χ0n) is 7.86. The predicted molar refractivity (Wildman–Crippen MR) is 53.2 cm³/mol. The fourth-order valence-electron chi connectivity index (χ4n) is 1.07. The Morgan fingerprint density at radius 2 is 2.53 bits per heavy atom. The summed E-state index contributed by atoms with van der Waals surface area (Å²) in [5, 5.41) is 11.6. The standard InChI is InChI=1S/C9H10N4O2/c14-9(13-8-4-11-12-5-8)10-3-7-1-2-15-6-7/h1-2,4-6H,3H2,(H,11,12)(H2,10,13,14). The summed E-state index contributed by atoms with van der Waals surface area (Å²) in [5.41, 5.74) is 1.54. The molecule has 2 aromatic rings. The van der Waals surface area contributed by atoms with Gasteiger partial charge in [-0.05, 0) is 6.07 Å². The van der Waals surface area contributed by atoms with Gasteiger partial charge in [0, 0.05) is 18.3 Å². The molecule has 0 unspecified atom stereocenters. The third kappa shape index (κ3) is 2.60. The van der Waals surface area contributed by atoms with E-state index in [1.54, 1.807) is 24.8 Å². The molecule has 6 nitrogen and oxygen atoms in total. The molecule has 2 amide bonds. The van der Waals surface area contributed by atoms with Gasteiger partial charge in [0.05, 0.1) is 24.4 Å². The van der Waals surface area contributed by atoms with Crippen LogP contribution in [0.3, 0.4) is 0 Å². The number of anilines is 1. The first kappa shape index (κ1) is 9.32. The molecule has 2 aromatic heterocycles. The van der Waals surface area contributed by atoms with E-state index < -0.39 is 0 Å². The van der Waals surface area contributed by atoms with Crippen molar-refractivity contribution in [3.8, 4) is 0 Å². The highest BCUT2D eigenvalue weighted by molar-refractivity contribution is 5.88. The van der Waals surface area contributed by atoms with Gasteiger partial charge in [-0.3, -0.25) is 5.10 Å². The Kier molecular flexibility index (Phi) is 2.68. The Hall–Kier alpha value is -2.24. The zero-order chi connectivity index (χ0) is 10.5. The second-order valence-corrected chi connectivity index (χ2v) is 2.93. The number of furan rings is 1. The van der Waals surface area contributed by atoms with E-state index in [9.17, 15) is 4.79 Å². The minimum absolute atomic E-state index is 0.280. The summed E-state index contributed by atoms with van der Waals surface area (Å²) in [6.07, 6.45) is 6.26. The second-order valence-electron chi connectivity index (χ2n) is 2.93. The van der Waals surface area contributed by atoms with Gasteiger partial charge in [-0.25, -0.2) is 4.79 Å². The van der Waals surface area contributed by atoms with Crippen LogP contribution in [0.2, 0.25) is 0 Å². The van der Waals surface area contributed by atoms with Crippen LogP contribution >= 0.6 is 0 Å². The molecule has 0 aliphatic heterocycles. The third-order valence-corrected chi connectivity index (χ3v) is 1.79. The van der Waals surface area contributed by atoms with Crippen LogP contribution in [0.25, 0.3) is 0 Å². The molecule has 0 aromatic carbocycles. The third-order valence-electron chi connectivity index (χ3n) is 1.79. The van der Waals surface area contributed by atoms with Gasteiger partial charge in [-0.15, -0.1) is 0 Å². The number of nitrogens with one attached hydrogen (secondary N) is 3. The van der Waals surface area contributed by atoms with Gasteiger partial charge >= 0.3 is 6.03 Å². The largest absolute Gasteiger partial charge is 0.472 e. The Bertz CT molecular complexity index is 407. The number of H-pyrrole nitrogens is 1. The molecule has 0 saturated carbocycles. The van der Waals surface area contributed by atoms with Gasteiger partial charge in [0.25, 0.3) is 0 Å². The van der Waals surface area contributed by atoms with Crippen molar-refractivity contribution >= 4 is 11.7 Å². The molecule has 3 N–H and O–H groups in total. The molecule has 0 spiro atoms. The topological polar surface area (TPSA) is 82.9 Å². The number of hydrogen-bond donors (Lipinski definition) is 3. The molecule has 2 rings (SSSR count). The van der Waals surface area contributed by atoms with Gasteiger partial charge in [-0.2, -0.15) is 5.10 Å². The van der Waals surface area contributed by atoms with Crippen molar-refractivity contribution in [2.75, 3.05) is 5.32 Å². The Morgan fingerprint density at radius 1 is 1.60 bits per heavy atom. The molecule has 0 radical (unpaired) electrons. The van der Waals surface area contributed by atoms with Crippen molar-refractivity contribution in [1.29, 1.82) is 0 Å². The van der Waals surface area contributed by atoms with Crippen LogP contribution in [0, 0.1) is 0 Å². The van der Waals surface area contributed by atoms with Crippen molar-refractivity contribution in [2.45, 2.75) is 6.54 Å². The number of carbonyl (C=O) groups is 1. The summed E-state index contributed by atoms with van der Waals surface area (Å²) in [4.78, 5) is 11.3. The second kappa shape index (κ2) is 4.32. The monoisotopic (exact) mass is 206 g/mol. The van der Waals surface area contributed by atoms with Crippen molar-refractivity contribution in [1.82, 2.24) is 15.5 Å². The maximum Gasteiger partial charge on any atom is 0.319 e. The lowest BCUT2D eigenvalue weighted by Crippen LogP contribution is -2.27. The van der Waals surface area contributed by atoms with Crippen molar-refractivity contribution in [2.24, 2.45) is 0 Å². The fraction of sp³-hybridized carbons (Fsp3) is 0.111. The summed E-state index contributed by atoms with van der Waals surface area (Å²) in [6, 6.07) is 1.51. The summed E-state index contributed by atoms with van der Waals surface area (Å²) in [6.45, 7) is 0.431. The molecule has 2 heterocycles. The molecule has 0 fully saturated rings. The number of rotatable bonds is 3. The van der Waals surface area contributed by atoms with Gasteiger partial charge in [0.15, 0.2) is 0 Å². The SMILES string of the molecule is O=C(NCc1ccoc1)Nc1cn[nH]c1. The van der Waals surface area contributed by atoms with Crippen LogP contribution in [0.5, 0.6) is 0 Å². The Morgan fingerprint density at radius 3 is 3.20 bits per heavy atom. The number of urea groups is 1. The van der Waals surface area contributed by atoms with Crippen molar-refractivity contribution in [3.63, 3.8) is 0 Å². The van der Waals surface area contributed by atoms with Crippen LogP contribution in [0.15, 0.2) is 35.4 Å². The highest BCUT2D eigenvalue weighted by Gasteiger charge is 2.02. The Balaban J connectivity index is 1.78. The van der Waals surface area contributed by atoms with E-state index in [2.05, 4.69) is 20.8 Å². The molecule has 0 aliphatic rings.